The lowest BCUT2D eigenvalue weighted by atomic mass is 9.82. The zero-order valence-electron chi connectivity index (χ0n) is 25.8. The fourth-order valence-electron chi connectivity index (χ4n) is 7.20. The van der Waals surface area contributed by atoms with E-state index in [0.717, 1.165) is 58.2 Å². The molecule has 10 nitrogen and oxygen atoms in total. The van der Waals surface area contributed by atoms with Crippen molar-refractivity contribution in [3.05, 3.63) is 70.8 Å². The predicted molar refractivity (Wildman–Crippen MR) is 181 cm³/mol. The summed E-state index contributed by atoms with van der Waals surface area (Å²) in [5, 5.41) is 13.2. The Labute approximate surface area is 266 Å². The molecule has 0 aromatic heterocycles. The van der Waals surface area contributed by atoms with Gasteiger partial charge in [0.1, 0.15) is 0 Å². The molecule has 0 spiro atoms. The molecule has 0 aliphatic carbocycles. The highest BCUT2D eigenvalue weighted by molar-refractivity contribution is 6.41. The van der Waals surface area contributed by atoms with Crippen molar-refractivity contribution in [2.24, 2.45) is 11.5 Å². The minimum Gasteiger partial charge on any atom is -0.330 e. The van der Waals surface area contributed by atoms with Crippen LogP contribution in [-0.2, 0) is 0 Å². The van der Waals surface area contributed by atoms with E-state index in [1.807, 2.05) is 48.5 Å². The molecular weight excluding hydrogens is 580 g/mol. The maximum atomic E-state index is 13.7. The fraction of sp³-hybridized carbons (Fsp3) is 0.333. The van der Waals surface area contributed by atoms with E-state index < -0.39 is 0 Å². The van der Waals surface area contributed by atoms with Crippen LogP contribution in [0.4, 0.5) is 0 Å². The normalized spacial score (nSPS) is 14.7. The average Bonchev–Trinajstić information content (AvgIpc) is 3.07. The molecule has 0 bridgehead atoms. The van der Waals surface area contributed by atoms with Crippen LogP contribution in [0.1, 0.15) is 67.1 Å². The number of hydrogen-bond acceptors (Lipinski definition) is 8. The van der Waals surface area contributed by atoms with E-state index in [-0.39, 0.29) is 23.6 Å². The molecule has 236 valence electrons. The lowest BCUT2D eigenvalue weighted by Gasteiger charge is -2.30. The van der Waals surface area contributed by atoms with E-state index in [1.54, 1.807) is 0 Å². The molecule has 7 rings (SSSR count). The third kappa shape index (κ3) is 4.72. The summed E-state index contributed by atoms with van der Waals surface area (Å²) in [7, 11) is 0. The number of rotatable bonds is 14. The van der Waals surface area contributed by atoms with Crippen molar-refractivity contribution >= 4 is 66.7 Å². The Morgan fingerprint density at radius 2 is 0.739 bits per heavy atom. The van der Waals surface area contributed by atoms with Crippen molar-refractivity contribution < 1.29 is 19.2 Å². The van der Waals surface area contributed by atoms with Gasteiger partial charge in [-0.05, 0) is 122 Å². The number of carbonyl (C=O) groups excluding carboxylic acids is 4. The lowest BCUT2D eigenvalue weighted by molar-refractivity contribution is 0.0593. The molecule has 6 N–H and O–H groups in total. The van der Waals surface area contributed by atoms with Gasteiger partial charge in [-0.3, -0.25) is 29.0 Å². The average molecular weight is 619 g/mol. The highest BCUT2D eigenvalue weighted by Gasteiger charge is 2.36. The fourth-order valence-corrected chi connectivity index (χ4v) is 7.20. The van der Waals surface area contributed by atoms with Gasteiger partial charge in [-0.25, -0.2) is 0 Å². The first-order valence-corrected chi connectivity index (χ1v) is 16.2. The second kappa shape index (κ2) is 12.4. The first kappa shape index (κ1) is 30.2. The summed E-state index contributed by atoms with van der Waals surface area (Å²) in [4.78, 5) is 57.5. The largest absolute Gasteiger partial charge is 0.330 e. The predicted octanol–water partition coefficient (Wildman–Crippen LogP) is 3.59. The van der Waals surface area contributed by atoms with Gasteiger partial charge in [0.05, 0.1) is 0 Å². The molecule has 0 fully saturated rings. The monoisotopic (exact) mass is 618 g/mol. The summed E-state index contributed by atoms with van der Waals surface area (Å²) in [6, 6.07) is 15.0. The van der Waals surface area contributed by atoms with E-state index in [4.69, 9.17) is 11.5 Å². The van der Waals surface area contributed by atoms with Crippen molar-refractivity contribution in [2.75, 3.05) is 52.4 Å². The Kier molecular flexibility index (Phi) is 8.12. The van der Waals surface area contributed by atoms with E-state index in [2.05, 4.69) is 10.6 Å². The van der Waals surface area contributed by atoms with E-state index in [0.29, 0.717) is 85.1 Å². The lowest BCUT2D eigenvalue weighted by Crippen LogP contribution is -2.41. The van der Waals surface area contributed by atoms with Crippen LogP contribution in [0.5, 0.6) is 0 Å². The molecule has 0 unspecified atom stereocenters. The van der Waals surface area contributed by atoms with Crippen LogP contribution in [0.25, 0.3) is 43.1 Å². The van der Waals surface area contributed by atoms with Crippen LogP contribution in [-0.4, -0.2) is 85.8 Å². The van der Waals surface area contributed by atoms with Gasteiger partial charge in [-0.1, -0.05) is 24.3 Å². The Hall–Kier alpha value is -4.48. The maximum absolute atomic E-state index is 13.7. The second-order valence-electron chi connectivity index (χ2n) is 12.2. The second-order valence-corrected chi connectivity index (χ2v) is 12.2. The van der Waals surface area contributed by atoms with Gasteiger partial charge >= 0.3 is 0 Å². The number of fused-ring (bicyclic) bond motifs is 2. The molecule has 2 heterocycles. The van der Waals surface area contributed by atoms with Gasteiger partial charge < -0.3 is 22.1 Å². The molecule has 0 atom stereocenters. The van der Waals surface area contributed by atoms with Crippen molar-refractivity contribution in [1.29, 1.82) is 0 Å². The molecule has 5 aromatic rings. The summed E-state index contributed by atoms with van der Waals surface area (Å²) in [5.41, 5.74) is 13.2. The highest BCUT2D eigenvalue weighted by atomic mass is 16.2. The summed E-state index contributed by atoms with van der Waals surface area (Å²) in [6.45, 7) is 4.88. The van der Waals surface area contributed by atoms with Crippen LogP contribution < -0.4 is 22.1 Å². The minimum absolute atomic E-state index is 0.287. The van der Waals surface area contributed by atoms with Crippen molar-refractivity contribution in [3.63, 3.8) is 0 Å². The van der Waals surface area contributed by atoms with Gasteiger partial charge in [-0.15, -0.1) is 0 Å². The molecule has 10 heteroatoms. The molecule has 46 heavy (non-hydrogen) atoms. The standard InChI is InChI=1S/C36H38N6O4/c37-13-1-15-39-17-3-19-41-33(43)25-9-5-21-23-7-11-27-32-28(36(46)42(35(27)45)20-4-18-40-16-2-14-38)12-8-24(30(23)32)22-6-10-26(34(41)44)31(25)29(21)22/h5-12,39-40H,1-4,13-20,37-38H2. The van der Waals surface area contributed by atoms with Crippen LogP contribution in [0.3, 0.4) is 0 Å². The van der Waals surface area contributed by atoms with Gasteiger partial charge in [0.2, 0.25) is 0 Å². The number of benzene rings is 5. The topological polar surface area (TPSA) is 151 Å². The third-order valence-electron chi connectivity index (χ3n) is 9.39. The first-order chi connectivity index (χ1) is 22.5. The van der Waals surface area contributed by atoms with Crippen molar-refractivity contribution in [1.82, 2.24) is 20.4 Å². The van der Waals surface area contributed by atoms with Gasteiger partial charge in [0.15, 0.2) is 0 Å². The smallest absolute Gasteiger partial charge is 0.261 e. The van der Waals surface area contributed by atoms with E-state index in [1.165, 1.54) is 9.80 Å². The Balaban J connectivity index is 1.27. The molecule has 2 aliphatic rings. The first-order valence-electron chi connectivity index (χ1n) is 16.2. The van der Waals surface area contributed by atoms with E-state index in [9.17, 15) is 19.2 Å². The molecule has 4 amide bonds. The summed E-state index contributed by atoms with van der Waals surface area (Å²) >= 11 is 0. The summed E-state index contributed by atoms with van der Waals surface area (Å²) in [5.74, 6) is -1.15. The third-order valence-corrected chi connectivity index (χ3v) is 9.39. The number of nitrogens with two attached hydrogens (primary N) is 2. The van der Waals surface area contributed by atoms with Gasteiger partial charge in [0.25, 0.3) is 23.6 Å². The van der Waals surface area contributed by atoms with Crippen molar-refractivity contribution in [3.8, 4) is 0 Å². The summed E-state index contributed by atoms with van der Waals surface area (Å²) < 4.78 is 0. The van der Waals surface area contributed by atoms with Crippen LogP contribution in [0.2, 0.25) is 0 Å². The van der Waals surface area contributed by atoms with Crippen LogP contribution >= 0.6 is 0 Å². The van der Waals surface area contributed by atoms with E-state index >= 15 is 0 Å². The van der Waals surface area contributed by atoms with Crippen molar-refractivity contribution in [2.45, 2.75) is 25.7 Å². The zero-order valence-corrected chi connectivity index (χ0v) is 25.8. The maximum Gasteiger partial charge on any atom is 0.261 e. The molecule has 2 aliphatic heterocycles. The number of amides is 4. The molecule has 0 radical (unpaired) electrons. The highest BCUT2D eigenvalue weighted by Crippen LogP contribution is 2.46. The van der Waals surface area contributed by atoms with Gasteiger partial charge in [-0.2, -0.15) is 0 Å². The summed E-state index contributed by atoms with van der Waals surface area (Å²) in [6.07, 6.45) is 3.05. The molecular formula is C36H38N6O4. The number of hydrogen-bond donors (Lipinski definition) is 4. The zero-order chi connectivity index (χ0) is 31.9. The Morgan fingerprint density at radius 3 is 1.04 bits per heavy atom. The molecule has 0 saturated heterocycles. The number of carbonyl (C=O) groups is 4. The number of imide groups is 2. The number of nitrogens with one attached hydrogen (secondary N) is 2. The Morgan fingerprint density at radius 1 is 0.435 bits per heavy atom. The quantitative estimate of drug-likeness (QED) is 0.0638. The minimum atomic E-state index is -0.287. The van der Waals surface area contributed by atoms with Crippen LogP contribution in [0, 0.1) is 0 Å². The SMILES string of the molecule is NCCCNCCCN1C(=O)c2ccc3c4ccc5c6c(ccc(c7ccc(c2c37)C1=O)c64)C(=O)N(CCCNCCCN)C5=O. The Bertz CT molecular complexity index is 1770. The number of nitrogens with zero attached hydrogens (tertiary/aromatic N) is 2. The van der Waals surface area contributed by atoms with Gasteiger partial charge in [0, 0.05) is 46.1 Å². The van der Waals surface area contributed by atoms with Crippen LogP contribution in [0.15, 0.2) is 48.5 Å². The molecule has 5 aromatic carbocycles. The molecule has 0 saturated carbocycles.